The third-order valence-electron chi connectivity index (χ3n) is 1.86. The highest BCUT2D eigenvalue weighted by Crippen LogP contribution is 2.03. The largest absolute Gasteiger partial charge is 0.457 e. The molecule has 3 nitrogen and oxygen atoms in total. The molecule has 0 radical (unpaired) electrons. The number of aromatic nitrogens is 1. The van der Waals surface area contributed by atoms with E-state index in [4.69, 9.17) is 17.0 Å². The lowest BCUT2D eigenvalue weighted by Gasteiger charge is -2.11. The van der Waals surface area contributed by atoms with Gasteiger partial charge in [-0.25, -0.2) is 0 Å². The van der Waals surface area contributed by atoms with E-state index in [1.54, 1.807) is 13.1 Å². The average molecular weight is 223 g/mol. The van der Waals surface area contributed by atoms with E-state index in [0.29, 0.717) is 12.8 Å². The van der Waals surface area contributed by atoms with Gasteiger partial charge in [-0.05, 0) is 12.1 Å². The smallest absolute Gasteiger partial charge is 0.306 e. The van der Waals surface area contributed by atoms with Crippen LogP contribution < -0.4 is 0 Å². The molecule has 0 aliphatic carbocycles. The Labute approximate surface area is 94.5 Å². The standard InChI is InChI=1S/C11H13NO2S/c1-2-11(13)14-10(8-15)7-9-5-3-4-6-12-9/h3-6,8,10H,2,7H2,1H3. The molecule has 0 aliphatic rings. The van der Waals surface area contributed by atoms with Crippen molar-refractivity contribution in [2.45, 2.75) is 25.9 Å². The van der Waals surface area contributed by atoms with Crippen LogP contribution in [0.15, 0.2) is 24.4 Å². The van der Waals surface area contributed by atoms with Crippen molar-refractivity contribution in [2.24, 2.45) is 0 Å². The minimum Gasteiger partial charge on any atom is -0.457 e. The van der Waals surface area contributed by atoms with Crippen LogP contribution in [0.2, 0.25) is 0 Å². The van der Waals surface area contributed by atoms with Gasteiger partial charge in [0.1, 0.15) is 6.10 Å². The molecule has 1 aromatic rings. The summed E-state index contributed by atoms with van der Waals surface area (Å²) in [4.78, 5) is 15.2. The van der Waals surface area contributed by atoms with Crippen LogP contribution in [-0.4, -0.2) is 22.4 Å². The number of thiocarbonyl (C=S) groups is 1. The summed E-state index contributed by atoms with van der Waals surface area (Å²) in [6, 6.07) is 5.62. The van der Waals surface area contributed by atoms with Gasteiger partial charge in [0.15, 0.2) is 0 Å². The van der Waals surface area contributed by atoms with Gasteiger partial charge < -0.3 is 4.74 Å². The van der Waals surface area contributed by atoms with Gasteiger partial charge in [-0.15, -0.1) is 0 Å². The normalized spacial score (nSPS) is 11.8. The molecule has 0 bridgehead atoms. The van der Waals surface area contributed by atoms with Crippen molar-refractivity contribution < 1.29 is 9.53 Å². The van der Waals surface area contributed by atoms with Gasteiger partial charge in [0.05, 0.1) is 0 Å². The Morgan fingerprint density at radius 1 is 1.67 bits per heavy atom. The van der Waals surface area contributed by atoms with Crippen LogP contribution in [0.4, 0.5) is 0 Å². The van der Waals surface area contributed by atoms with E-state index in [9.17, 15) is 4.79 Å². The molecule has 0 saturated carbocycles. The highest BCUT2D eigenvalue weighted by Gasteiger charge is 2.11. The quantitative estimate of drug-likeness (QED) is 0.565. The second-order valence-electron chi connectivity index (χ2n) is 3.04. The van der Waals surface area contributed by atoms with Crippen LogP contribution in [0, 0.1) is 0 Å². The molecule has 1 rings (SSSR count). The SMILES string of the molecule is CCC(=O)OC(C=S)Cc1ccccn1. The Balaban J connectivity index is 2.54. The van der Waals surface area contributed by atoms with E-state index < -0.39 is 0 Å². The van der Waals surface area contributed by atoms with Crippen molar-refractivity contribution in [3.8, 4) is 0 Å². The first kappa shape index (κ1) is 11.8. The number of hydrogen-bond acceptors (Lipinski definition) is 4. The van der Waals surface area contributed by atoms with Crippen molar-refractivity contribution in [3.63, 3.8) is 0 Å². The molecule has 0 spiro atoms. The summed E-state index contributed by atoms with van der Waals surface area (Å²) in [5.74, 6) is -0.239. The van der Waals surface area contributed by atoms with E-state index in [0.717, 1.165) is 5.69 Å². The molecule has 0 aliphatic heterocycles. The van der Waals surface area contributed by atoms with Crippen molar-refractivity contribution in [2.75, 3.05) is 0 Å². The van der Waals surface area contributed by atoms with E-state index in [2.05, 4.69) is 4.98 Å². The third-order valence-corrected chi connectivity index (χ3v) is 2.16. The molecule has 1 heterocycles. The van der Waals surface area contributed by atoms with E-state index in [1.807, 2.05) is 18.2 Å². The van der Waals surface area contributed by atoms with Crippen LogP contribution in [0.25, 0.3) is 0 Å². The summed E-state index contributed by atoms with van der Waals surface area (Å²) >= 11 is 4.81. The van der Waals surface area contributed by atoms with Gasteiger partial charge >= 0.3 is 5.97 Å². The Bertz CT molecular complexity index is 327. The molecular formula is C11H13NO2S. The highest BCUT2D eigenvalue weighted by atomic mass is 32.1. The Morgan fingerprint density at radius 2 is 2.47 bits per heavy atom. The molecule has 80 valence electrons. The van der Waals surface area contributed by atoms with Crippen molar-refractivity contribution in [3.05, 3.63) is 30.1 Å². The maximum Gasteiger partial charge on any atom is 0.306 e. The van der Waals surface area contributed by atoms with Gasteiger partial charge in [0.25, 0.3) is 0 Å². The average Bonchev–Trinajstić information content (AvgIpc) is 2.29. The second-order valence-corrected chi connectivity index (χ2v) is 3.32. The second kappa shape index (κ2) is 6.24. The van der Waals surface area contributed by atoms with Crippen LogP contribution in [0.3, 0.4) is 0 Å². The maximum atomic E-state index is 11.1. The number of carbonyl (C=O) groups excluding carboxylic acids is 1. The van der Waals surface area contributed by atoms with Crippen LogP contribution in [0.1, 0.15) is 19.0 Å². The Morgan fingerprint density at radius 3 is 3.00 bits per heavy atom. The summed E-state index contributed by atoms with van der Waals surface area (Å²) in [5, 5.41) is 1.46. The van der Waals surface area contributed by atoms with Gasteiger partial charge in [-0.3, -0.25) is 9.78 Å². The number of nitrogens with zero attached hydrogens (tertiary/aromatic N) is 1. The lowest BCUT2D eigenvalue weighted by Crippen LogP contribution is -2.21. The number of carbonyl (C=O) groups is 1. The van der Waals surface area contributed by atoms with Crippen molar-refractivity contribution in [1.29, 1.82) is 0 Å². The first-order chi connectivity index (χ1) is 7.26. The zero-order valence-corrected chi connectivity index (χ0v) is 9.37. The molecule has 0 N–H and O–H groups in total. The number of hydrogen-bond donors (Lipinski definition) is 0. The molecular weight excluding hydrogens is 210 g/mol. The summed E-state index contributed by atoms with van der Waals surface area (Å²) < 4.78 is 5.11. The van der Waals surface area contributed by atoms with Crippen LogP contribution in [0.5, 0.6) is 0 Å². The maximum absolute atomic E-state index is 11.1. The fourth-order valence-electron chi connectivity index (χ4n) is 1.09. The third kappa shape index (κ3) is 4.16. The lowest BCUT2D eigenvalue weighted by molar-refractivity contribution is -0.145. The van der Waals surface area contributed by atoms with Gasteiger partial charge in [-0.1, -0.05) is 25.2 Å². The van der Waals surface area contributed by atoms with E-state index >= 15 is 0 Å². The molecule has 0 aromatic carbocycles. The fourth-order valence-corrected chi connectivity index (χ4v) is 1.25. The number of ether oxygens (including phenoxy) is 1. The Kier molecular flexibility index (Phi) is 4.90. The first-order valence-electron chi connectivity index (χ1n) is 4.81. The van der Waals surface area contributed by atoms with Crippen LogP contribution in [-0.2, 0) is 16.0 Å². The Hall–Kier alpha value is -1.29. The van der Waals surface area contributed by atoms with Crippen molar-refractivity contribution >= 4 is 23.6 Å². The predicted molar refractivity (Wildman–Crippen MR) is 61.8 cm³/mol. The monoisotopic (exact) mass is 223 g/mol. The molecule has 4 heteroatoms. The molecule has 1 atom stereocenters. The lowest BCUT2D eigenvalue weighted by atomic mass is 10.2. The first-order valence-corrected chi connectivity index (χ1v) is 5.28. The molecule has 1 aromatic heterocycles. The zero-order valence-electron chi connectivity index (χ0n) is 8.55. The minimum atomic E-state index is -0.359. The number of esters is 1. The van der Waals surface area contributed by atoms with Gasteiger partial charge in [0.2, 0.25) is 0 Å². The fraction of sp³-hybridized carbons (Fsp3) is 0.364. The predicted octanol–water partition coefficient (Wildman–Crippen LogP) is 1.95. The zero-order chi connectivity index (χ0) is 11.1. The highest BCUT2D eigenvalue weighted by molar-refractivity contribution is 7.79. The summed E-state index contributed by atoms with van der Waals surface area (Å²) in [6.45, 7) is 1.75. The van der Waals surface area contributed by atoms with Crippen molar-refractivity contribution in [1.82, 2.24) is 4.98 Å². The van der Waals surface area contributed by atoms with E-state index in [-0.39, 0.29) is 12.1 Å². The van der Waals surface area contributed by atoms with Crippen LogP contribution >= 0.6 is 12.2 Å². The molecule has 0 amide bonds. The van der Waals surface area contributed by atoms with Gasteiger partial charge in [0, 0.05) is 30.1 Å². The molecule has 0 saturated heterocycles. The number of rotatable bonds is 5. The van der Waals surface area contributed by atoms with E-state index in [1.165, 1.54) is 5.37 Å². The summed E-state index contributed by atoms with van der Waals surface area (Å²) in [6.07, 6.45) is 2.25. The topological polar surface area (TPSA) is 39.2 Å². The molecule has 1 unspecified atom stereocenters. The van der Waals surface area contributed by atoms with Gasteiger partial charge in [-0.2, -0.15) is 0 Å². The number of pyridine rings is 1. The summed E-state index contributed by atoms with van der Waals surface area (Å²) in [7, 11) is 0. The molecule has 0 fully saturated rings. The molecule has 15 heavy (non-hydrogen) atoms. The minimum absolute atomic E-state index is 0.239. The summed E-state index contributed by atoms with van der Waals surface area (Å²) in [5.41, 5.74) is 0.868.